The van der Waals surface area contributed by atoms with Crippen LogP contribution in [0.3, 0.4) is 0 Å². The van der Waals surface area contributed by atoms with Gasteiger partial charge in [0.05, 0.1) is 6.04 Å². The first kappa shape index (κ1) is 14.9. The van der Waals surface area contributed by atoms with Crippen molar-refractivity contribution in [3.63, 3.8) is 0 Å². The van der Waals surface area contributed by atoms with E-state index in [9.17, 15) is 9.59 Å². The topological polar surface area (TPSA) is 49.4 Å². The normalized spacial score (nSPS) is 16.0. The first-order chi connectivity index (χ1) is 10.6. The zero-order valence-electron chi connectivity index (χ0n) is 12.4. The Balaban J connectivity index is 1.71. The van der Waals surface area contributed by atoms with Gasteiger partial charge < -0.3 is 10.2 Å². The molecule has 2 amide bonds. The molecule has 0 spiro atoms. The third-order valence-corrected chi connectivity index (χ3v) is 4.74. The summed E-state index contributed by atoms with van der Waals surface area (Å²) in [6.07, 6.45) is 0. The van der Waals surface area contributed by atoms with Crippen molar-refractivity contribution >= 4 is 33.7 Å². The lowest BCUT2D eigenvalue weighted by Crippen LogP contribution is -2.38. The molecule has 1 aliphatic rings. The van der Waals surface area contributed by atoms with E-state index in [0.717, 1.165) is 22.1 Å². The molecule has 0 aliphatic carbocycles. The first-order valence-corrected chi connectivity index (χ1v) is 8.32. The maximum atomic E-state index is 12.2. The predicted molar refractivity (Wildman–Crippen MR) is 89.9 cm³/mol. The minimum Gasteiger partial charge on any atom is -0.348 e. The Morgan fingerprint density at radius 2 is 2.05 bits per heavy atom. The van der Waals surface area contributed by atoms with Crippen LogP contribution in [0.2, 0.25) is 0 Å². The van der Waals surface area contributed by atoms with E-state index in [1.54, 1.807) is 4.90 Å². The second-order valence-corrected chi connectivity index (χ2v) is 6.44. The van der Waals surface area contributed by atoms with Gasteiger partial charge in [0.1, 0.15) is 6.54 Å². The van der Waals surface area contributed by atoms with Crippen LogP contribution in [0.4, 0.5) is 4.79 Å². The molecular weight excluding hydrogens is 296 g/mol. The van der Waals surface area contributed by atoms with Crippen LogP contribution in [0, 0.1) is 0 Å². The molecule has 1 heterocycles. The predicted octanol–water partition coefficient (Wildman–Crippen LogP) is 3.19. The van der Waals surface area contributed by atoms with Crippen LogP contribution < -0.4 is 5.32 Å². The molecule has 1 unspecified atom stereocenters. The molecule has 0 saturated carbocycles. The molecule has 1 saturated heterocycles. The Morgan fingerprint density at radius 1 is 1.27 bits per heavy atom. The van der Waals surface area contributed by atoms with Gasteiger partial charge in [-0.2, -0.15) is 0 Å². The smallest absolute Gasteiger partial charge is 0.282 e. The summed E-state index contributed by atoms with van der Waals surface area (Å²) < 4.78 is 0. The third kappa shape index (κ3) is 3.09. The Kier molecular flexibility index (Phi) is 4.34. The van der Waals surface area contributed by atoms with E-state index < -0.39 is 0 Å². The zero-order chi connectivity index (χ0) is 15.5. The van der Waals surface area contributed by atoms with Gasteiger partial charge in [-0.05, 0) is 23.3 Å². The molecule has 22 heavy (non-hydrogen) atoms. The van der Waals surface area contributed by atoms with Crippen LogP contribution in [0.5, 0.6) is 0 Å². The monoisotopic (exact) mass is 314 g/mol. The molecule has 0 bridgehead atoms. The summed E-state index contributed by atoms with van der Waals surface area (Å²) in [5.41, 5.74) is 1.09. The van der Waals surface area contributed by atoms with E-state index in [1.807, 2.05) is 31.2 Å². The molecular formula is C17H18N2O2S. The molecule has 3 rings (SSSR count). The number of hydrogen-bond acceptors (Lipinski definition) is 3. The van der Waals surface area contributed by atoms with E-state index in [0.29, 0.717) is 6.54 Å². The SMILES string of the molecule is CC(NC(=O)CN1CCSC1=O)c1cccc2ccccc12. The van der Waals surface area contributed by atoms with Crippen molar-refractivity contribution in [2.45, 2.75) is 13.0 Å². The second-order valence-electron chi connectivity index (χ2n) is 5.39. The number of carbonyl (C=O) groups excluding carboxylic acids is 2. The average Bonchev–Trinajstić information content (AvgIpc) is 2.91. The van der Waals surface area contributed by atoms with Crippen molar-refractivity contribution in [1.82, 2.24) is 10.2 Å². The summed E-state index contributed by atoms with van der Waals surface area (Å²) in [5.74, 6) is 0.654. The van der Waals surface area contributed by atoms with E-state index in [1.165, 1.54) is 11.8 Å². The van der Waals surface area contributed by atoms with Gasteiger partial charge in [-0.25, -0.2) is 0 Å². The Hall–Kier alpha value is -2.01. The lowest BCUT2D eigenvalue weighted by atomic mass is 10.00. The number of benzene rings is 2. The van der Waals surface area contributed by atoms with Gasteiger partial charge in [-0.1, -0.05) is 54.2 Å². The second kappa shape index (κ2) is 6.40. The first-order valence-electron chi connectivity index (χ1n) is 7.34. The highest BCUT2D eigenvalue weighted by Crippen LogP contribution is 2.24. The molecule has 1 fully saturated rings. The maximum absolute atomic E-state index is 12.2. The summed E-state index contributed by atoms with van der Waals surface area (Å²) in [6, 6.07) is 14.1. The van der Waals surface area contributed by atoms with Gasteiger partial charge in [-0.15, -0.1) is 0 Å². The highest BCUT2D eigenvalue weighted by atomic mass is 32.2. The third-order valence-electron chi connectivity index (χ3n) is 3.85. The molecule has 1 aliphatic heterocycles. The van der Waals surface area contributed by atoms with Crippen molar-refractivity contribution in [3.05, 3.63) is 48.0 Å². The van der Waals surface area contributed by atoms with E-state index in [-0.39, 0.29) is 23.7 Å². The van der Waals surface area contributed by atoms with Crippen molar-refractivity contribution in [3.8, 4) is 0 Å². The van der Waals surface area contributed by atoms with Crippen LogP contribution in [0.1, 0.15) is 18.5 Å². The number of hydrogen-bond donors (Lipinski definition) is 1. The molecule has 0 radical (unpaired) electrons. The molecule has 1 atom stereocenters. The lowest BCUT2D eigenvalue weighted by Gasteiger charge is -2.19. The fourth-order valence-electron chi connectivity index (χ4n) is 2.74. The average molecular weight is 314 g/mol. The number of thioether (sulfide) groups is 1. The van der Waals surface area contributed by atoms with Gasteiger partial charge in [0.25, 0.3) is 5.24 Å². The summed E-state index contributed by atoms with van der Waals surface area (Å²) in [7, 11) is 0. The van der Waals surface area contributed by atoms with E-state index in [2.05, 4.69) is 23.5 Å². The highest BCUT2D eigenvalue weighted by molar-refractivity contribution is 8.13. The van der Waals surface area contributed by atoms with E-state index in [4.69, 9.17) is 0 Å². The van der Waals surface area contributed by atoms with Crippen molar-refractivity contribution in [1.29, 1.82) is 0 Å². The Morgan fingerprint density at radius 3 is 2.82 bits per heavy atom. The zero-order valence-corrected chi connectivity index (χ0v) is 13.2. The minimum atomic E-state index is -0.115. The molecule has 2 aromatic rings. The fraction of sp³-hybridized carbons (Fsp3) is 0.294. The summed E-state index contributed by atoms with van der Waals surface area (Å²) in [6.45, 7) is 2.76. The molecule has 2 aromatic carbocycles. The van der Waals surface area contributed by atoms with Crippen molar-refractivity contribution < 1.29 is 9.59 Å². The maximum Gasteiger partial charge on any atom is 0.282 e. The quantitative estimate of drug-likeness (QED) is 0.943. The standard InChI is InChI=1S/C17H18N2O2S/c1-12(18-16(20)11-19-9-10-22-17(19)21)14-8-4-6-13-5-2-3-7-15(13)14/h2-8,12H,9-11H2,1H3,(H,18,20). The minimum absolute atomic E-state index is 0.00651. The van der Waals surface area contributed by atoms with Gasteiger partial charge in [-0.3, -0.25) is 9.59 Å². The van der Waals surface area contributed by atoms with Crippen LogP contribution in [0.15, 0.2) is 42.5 Å². The number of nitrogens with one attached hydrogen (secondary N) is 1. The van der Waals surface area contributed by atoms with Gasteiger partial charge >= 0.3 is 0 Å². The van der Waals surface area contributed by atoms with Crippen molar-refractivity contribution in [2.75, 3.05) is 18.8 Å². The Bertz CT molecular complexity index is 711. The summed E-state index contributed by atoms with van der Waals surface area (Å²) in [5, 5.41) is 5.29. The van der Waals surface area contributed by atoms with Crippen LogP contribution in [-0.4, -0.2) is 34.9 Å². The van der Waals surface area contributed by atoms with Crippen LogP contribution in [-0.2, 0) is 4.79 Å². The molecule has 0 aromatic heterocycles. The van der Waals surface area contributed by atoms with Crippen molar-refractivity contribution in [2.24, 2.45) is 0 Å². The summed E-state index contributed by atoms with van der Waals surface area (Å²) in [4.78, 5) is 25.3. The lowest BCUT2D eigenvalue weighted by molar-refractivity contribution is -0.122. The van der Waals surface area contributed by atoms with Crippen LogP contribution >= 0.6 is 11.8 Å². The molecule has 4 nitrogen and oxygen atoms in total. The summed E-state index contributed by atoms with van der Waals surface area (Å²) >= 11 is 1.27. The number of carbonyl (C=O) groups is 2. The van der Waals surface area contributed by atoms with Gasteiger partial charge in [0.15, 0.2) is 0 Å². The fourth-order valence-corrected chi connectivity index (χ4v) is 3.56. The molecule has 114 valence electrons. The van der Waals surface area contributed by atoms with Crippen LogP contribution in [0.25, 0.3) is 10.8 Å². The highest BCUT2D eigenvalue weighted by Gasteiger charge is 2.24. The number of rotatable bonds is 4. The van der Waals surface area contributed by atoms with E-state index >= 15 is 0 Å². The molecule has 1 N–H and O–H groups in total. The number of nitrogens with zero attached hydrogens (tertiary/aromatic N) is 1. The number of amides is 2. The number of fused-ring (bicyclic) bond motifs is 1. The Labute approximate surface area is 133 Å². The van der Waals surface area contributed by atoms with Gasteiger partial charge in [0.2, 0.25) is 5.91 Å². The van der Waals surface area contributed by atoms with Gasteiger partial charge in [0, 0.05) is 12.3 Å². The largest absolute Gasteiger partial charge is 0.348 e. The molecule has 5 heteroatoms.